The van der Waals surface area contributed by atoms with Crippen LogP contribution in [0.5, 0.6) is 0 Å². The van der Waals surface area contributed by atoms with E-state index >= 15 is 0 Å². The molecule has 1 heterocycles. The molecule has 0 saturated heterocycles. The number of hydrogen-bond donors (Lipinski definition) is 1. The molecule has 22 heavy (non-hydrogen) atoms. The third-order valence-corrected chi connectivity index (χ3v) is 3.91. The molecule has 0 bridgehead atoms. The molecule has 1 N–H and O–H groups in total. The lowest BCUT2D eigenvalue weighted by atomic mass is 10.1. The molecule has 0 aliphatic carbocycles. The van der Waals surface area contributed by atoms with Crippen molar-refractivity contribution in [3.05, 3.63) is 71.4 Å². The smallest absolute Gasteiger partial charge is 0.203 e. The second-order valence-electron chi connectivity index (χ2n) is 5.73. The quantitative estimate of drug-likeness (QED) is 0.776. The van der Waals surface area contributed by atoms with Gasteiger partial charge in [-0.15, -0.1) is 0 Å². The van der Waals surface area contributed by atoms with Crippen LogP contribution in [0.15, 0.2) is 54.7 Å². The second-order valence-corrected chi connectivity index (χ2v) is 5.73. The van der Waals surface area contributed by atoms with E-state index in [0.717, 1.165) is 18.2 Å². The first kappa shape index (κ1) is 14.4. The molecule has 0 radical (unpaired) electrons. The zero-order valence-electron chi connectivity index (χ0n) is 13.3. The van der Waals surface area contributed by atoms with Crippen molar-refractivity contribution in [1.82, 2.24) is 9.55 Å². The Balaban J connectivity index is 1.75. The van der Waals surface area contributed by atoms with E-state index in [9.17, 15) is 0 Å². The van der Waals surface area contributed by atoms with Crippen LogP contribution in [0.2, 0.25) is 0 Å². The summed E-state index contributed by atoms with van der Waals surface area (Å²) in [6.45, 7) is 4.98. The number of benzene rings is 2. The van der Waals surface area contributed by atoms with Crippen LogP contribution in [0.4, 0.5) is 5.95 Å². The molecule has 3 nitrogen and oxygen atoms in total. The summed E-state index contributed by atoms with van der Waals surface area (Å²) in [4.78, 5) is 4.50. The van der Waals surface area contributed by atoms with Crippen molar-refractivity contribution in [3.63, 3.8) is 0 Å². The third-order valence-electron chi connectivity index (χ3n) is 3.91. The Kier molecular flexibility index (Phi) is 3.96. The van der Waals surface area contributed by atoms with E-state index in [1.54, 1.807) is 0 Å². The van der Waals surface area contributed by atoms with Crippen LogP contribution in [-0.4, -0.2) is 9.55 Å². The van der Waals surface area contributed by atoms with Crippen molar-refractivity contribution in [1.29, 1.82) is 0 Å². The van der Waals surface area contributed by atoms with Crippen LogP contribution in [0.3, 0.4) is 0 Å². The summed E-state index contributed by atoms with van der Waals surface area (Å²) < 4.78 is 2.10. The molecule has 0 aliphatic heterocycles. The van der Waals surface area contributed by atoms with Crippen molar-refractivity contribution in [2.24, 2.45) is 7.05 Å². The molecular formula is C19H21N3. The van der Waals surface area contributed by atoms with Gasteiger partial charge < -0.3 is 9.88 Å². The van der Waals surface area contributed by atoms with Crippen LogP contribution < -0.4 is 5.32 Å². The maximum Gasteiger partial charge on any atom is 0.203 e. The van der Waals surface area contributed by atoms with E-state index in [0.29, 0.717) is 0 Å². The molecule has 0 aliphatic rings. The standard InChI is InChI=1S/C19H21N3/c1-14-4-8-16(9-5-14)12-20-19-21-13-18(22(19)3)17-10-6-15(2)7-11-17/h4-11,13H,12H2,1-3H3,(H,20,21). The summed E-state index contributed by atoms with van der Waals surface area (Å²) in [7, 11) is 2.04. The minimum atomic E-state index is 0.776. The number of aromatic nitrogens is 2. The molecule has 0 saturated carbocycles. The van der Waals surface area contributed by atoms with Crippen LogP contribution in [0, 0.1) is 13.8 Å². The first-order valence-corrected chi connectivity index (χ1v) is 7.51. The molecule has 0 fully saturated rings. The van der Waals surface area contributed by atoms with Gasteiger partial charge in [-0.2, -0.15) is 0 Å². The minimum absolute atomic E-state index is 0.776. The first-order valence-electron chi connectivity index (χ1n) is 7.51. The van der Waals surface area contributed by atoms with E-state index in [2.05, 4.69) is 77.2 Å². The van der Waals surface area contributed by atoms with Crippen molar-refractivity contribution < 1.29 is 0 Å². The van der Waals surface area contributed by atoms with E-state index in [4.69, 9.17) is 0 Å². The molecule has 1 aromatic heterocycles. The molecule has 0 spiro atoms. The van der Waals surface area contributed by atoms with Crippen molar-refractivity contribution in [2.45, 2.75) is 20.4 Å². The SMILES string of the molecule is Cc1ccc(CNc2ncc(-c3ccc(C)cc3)n2C)cc1. The van der Waals surface area contributed by atoms with Crippen molar-refractivity contribution in [3.8, 4) is 11.3 Å². The zero-order chi connectivity index (χ0) is 15.5. The van der Waals surface area contributed by atoms with Gasteiger partial charge in [-0.05, 0) is 25.0 Å². The Morgan fingerprint density at radius 1 is 0.909 bits per heavy atom. The van der Waals surface area contributed by atoms with Crippen LogP contribution in [0.25, 0.3) is 11.3 Å². The fourth-order valence-electron chi connectivity index (χ4n) is 2.45. The van der Waals surface area contributed by atoms with Crippen molar-refractivity contribution >= 4 is 5.95 Å². The average molecular weight is 291 g/mol. The zero-order valence-corrected chi connectivity index (χ0v) is 13.3. The fourth-order valence-corrected chi connectivity index (χ4v) is 2.45. The topological polar surface area (TPSA) is 29.9 Å². The molecule has 3 aromatic rings. The first-order chi connectivity index (χ1) is 10.6. The van der Waals surface area contributed by atoms with Crippen LogP contribution in [-0.2, 0) is 13.6 Å². The molecule has 0 atom stereocenters. The summed E-state index contributed by atoms with van der Waals surface area (Å²) in [5.41, 5.74) is 6.10. The lowest BCUT2D eigenvalue weighted by molar-refractivity contribution is 0.906. The van der Waals surface area contributed by atoms with Gasteiger partial charge in [-0.1, -0.05) is 59.7 Å². The van der Waals surface area contributed by atoms with Gasteiger partial charge in [0.1, 0.15) is 0 Å². The van der Waals surface area contributed by atoms with Crippen molar-refractivity contribution in [2.75, 3.05) is 5.32 Å². The van der Waals surface area contributed by atoms with E-state index in [1.165, 1.54) is 22.3 Å². The highest BCUT2D eigenvalue weighted by Gasteiger charge is 2.08. The fraction of sp³-hybridized carbons (Fsp3) is 0.211. The molecule has 2 aromatic carbocycles. The third kappa shape index (κ3) is 3.03. The van der Waals surface area contributed by atoms with Gasteiger partial charge in [0.05, 0.1) is 11.9 Å². The highest BCUT2D eigenvalue weighted by Crippen LogP contribution is 2.22. The monoisotopic (exact) mass is 291 g/mol. The summed E-state index contributed by atoms with van der Waals surface area (Å²) in [5, 5.41) is 3.40. The number of nitrogens with zero attached hydrogens (tertiary/aromatic N) is 2. The number of anilines is 1. The van der Waals surface area contributed by atoms with E-state index in [1.807, 2.05) is 13.2 Å². The molecule has 3 rings (SSSR count). The maximum absolute atomic E-state index is 4.50. The summed E-state index contributed by atoms with van der Waals surface area (Å²) in [5.74, 6) is 0.885. The summed E-state index contributed by atoms with van der Waals surface area (Å²) in [6.07, 6.45) is 1.92. The van der Waals surface area contributed by atoms with E-state index in [-0.39, 0.29) is 0 Å². The highest BCUT2D eigenvalue weighted by atomic mass is 15.2. The Bertz CT molecular complexity index is 752. The molecule has 112 valence electrons. The second kappa shape index (κ2) is 6.06. The van der Waals surface area contributed by atoms with Gasteiger partial charge in [0.25, 0.3) is 0 Å². The number of imidazole rings is 1. The molecule has 3 heteroatoms. The van der Waals surface area contributed by atoms with Gasteiger partial charge in [-0.25, -0.2) is 4.98 Å². The normalized spacial score (nSPS) is 10.7. The van der Waals surface area contributed by atoms with Gasteiger partial charge in [0.15, 0.2) is 0 Å². The molecule has 0 unspecified atom stereocenters. The van der Waals surface area contributed by atoms with Gasteiger partial charge in [-0.3, -0.25) is 0 Å². The number of aryl methyl sites for hydroxylation is 2. The van der Waals surface area contributed by atoms with Crippen LogP contribution >= 0.6 is 0 Å². The number of nitrogens with one attached hydrogen (secondary N) is 1. The lowest BCUT2D eigenvalue weighted by Gasteiger charge is -2.09. The Morgan fingerprint density at radius 2 is 1.50 bits per heavy atom. The molecule has 0 amide bonds. The number of hydrogen-bond acceptors (Lipinski definition) is 2. The van der Waals surface area contributed by atoms with Crippen LogP contribution in [0.1, 0.15) is 16.7 Å². The average Bonchev–Trinajstić information content (AvgIpc) is 2.89. The van der Waals surface area contributed by atoms with Gasteiger partial charge in [0.2, 0.25) is 5.95 Å². The lowest BCUT2D eigenvalue weighted by Crippen LogP contribution is -2.05. The summed E-state index contributed by atoms with van der Waals surface area (Å²) in [6, 6.07) is 17.1. The minimum Gasteiger partial charge on any atom is -0.352 e. The number of rotatable bonds is 4. The highest BCUT2D eigenvalue weighted by molar-refractivity contribution is 5.61. The van der Waals surface area contributed by atoms with Gasteiger partial charge >= 0.3 is 0 Å². The van der Waals surface area contributed by atoms with E-state index < -0.39 is 0 Å². The summed E-state index contributed by atoms with van der Waals surface area (Å²) >= 11 is 0. The largest absolute Gasteiger partial charge is 0.352 e. The predicted molar refractivity (Wildman–Crippen MR) is 91.9 cm³/mol. The van der Waals surface area contributed by atoms with Gasteiger partial charge in [0, 0.05) is 13.6 Å². The Labute approximate surface area is 131 Å². The molecular weight excluding hydrogens is 270 g/mol. The maximum atomic E-state index is 4.50. The Hall–Kier alpha value is -2.55. The predicted octanol–water partition coefficient (Wildman–Crippen LogP) is 4.32. The Morgan fingerprint density at radius 3 is 2.14 bits per heavy atom.